The predicted molar refractivity (Wildman–Crippen MR) is 82.8 cm³/mol. The van der Waals surface area contributed by atoms with Gasteiger partial charge in [0.1, 0.15) is 18.3 Å². The van der Waals surface area contributed by atoms with Crippen molar-refractivity contribution in [1.29, 1.82) is 0 Å². The van der Waals surface area contributed by atoms with Gasteiger partial charge in [-0.15, -0.1) is 0 Å². The molecular weight excluding hydrogens is 296 g/mol. The number of nitrogens with one attached hydrogen (secondary N) is 2. The van der Waals surface area contributed by atoms with E-state index in [9.17, 15) is 9.90 Å². The lowest BCUT2D eigenvalue weighted by Crippen LogP contribution is -2.50. The van der Waals surface area contributed by atoms with Crippen molar-refractivity contribution < 1.29 is 19.4 Å². The molecule has 23 heavy (non-hydrogen) atoms. The van der Waals surface area contributed by atoms with E-state index >= 15 is 0 Å². The fraction of sp³-hybridized carbons (Fsp3) is 0.588. The number of aliphatic hydroxyl groups excluding tert-OH is 1. The largest absolute Gasteiger partial charge is 0.388 e. The van der Waals surface area contributed by atoms with E-state index < -0.39 is 6.10 Å². The topological polar surface area (TPSA) is 79.8 Å². The highest BCUT2D eigenvalue weighted by molar-refractivity contribution is 5.82. The summed E-state index contributed by atoms with van der Waals surface area (Å²) < 4.78 is 11.1. The Hall–Kier alpha value is -1.47. The molecule has 0 aliphatic carbocycles. The normalized spacial score (nSPS) is 39.3. The van der Waals surface area contributed by atoms with E-state index in [1.807, 2.05) is 18.2 Å². The maximum atomic E-state index is 12.5. The van der Waals surface area contributed by atoms with Crippen molar-refractivity contribution >= 4 is 5.91 Å². The molecule has 1 amide bonds. The Morgan fingerprint density at radius 2 is 1.91 bits per heavy atom. The van der Waals surface area contributed by atoms with Gasteiger partial charge in [-0.05, 0) is 18.4 Å². The Labute approximate surface area is 135 Å². The van der Waals surface area contributed by atoms with Crippen LogP contribution in [-0.4, -0.2) is 54.6 Å². The van der Waals surface area contributed by atoms with Gasteiger partial charge in [-0.1, -0.05) is 30.3 Å². The second-order valence-electron chi connectivity index (χ2n) is 6.54. The van der Waals surface area contributed by atoms with Crippen molar-refractivity contribution in [3.05, 3.63) is 35.9 Å². The molecule has 3 heterocycles. The summed E-state index contributed by atoms with van der Waals surface area (Å²) >= 11 is 0. The Kier molecular flexibility index (Phi) is 4.07. The first-order valence-corrected chi connectivity index (χ1v) is 8.25. The van der Waals surface area contributed by atoms with Crippen molar-refractivity contribution in [3.63, 3.8) is 0 Å². The molecule has 0 spiro atoms. The first kappa shape index (κ1) is 15.1. The molecule has 3 aliphatic rings. The lowest BCUT2D eigenvalue weighted by Gasteiger charge is -2.20. The van der Waals surface area contributed by atoms with Gasteiger partial charge in [0.2, 0.25) is 5.91 Å². The summed E-state index contributed by atoms with van der Waals surface area (Å²) in [4.78, 5) is 12.5. The molecule has 3 fully saturated rings. The number of aliphatic hydroxyl groups is 1. The molecule has 6 heteroatoms. The van der Waals surface area contributed by atoms with Gasteiger partial charge in [0, 0.05) is 6.04 Å². The van der Waals surface area contributed by atoms with Gasteiger partial charge in [-0.2, -0.15) is 0 Å². The summed E-state index contributed by atoms with van der Waals surface area (Å²) in [5.74, 6) is -0.0114. The first-order chi connectivity index (χ1) is 11.2. The van der Waals surface area contributed by atoms with Crippen LogP contribution < -0.4 is 10.6 Å². The molecule has 6 atom stereocenters. The van der Waals surface area contributed by atoms with E-state index in [2.05, 4.69) is 22.8 Å². The highest BCUT2D eigenvalue weighted by Gasteiger charge is 2.48. The molecule has 3 aliphatic heterocycles. The molecule has 0 unspecified atom stereocenters. The van der Waals surface area contributed by atoms with Gasteiger partial charge in [0.25, 0.3) is 0 Å². The summed E-state index contributed by atoms with van der Waals surface area (Å²) in [5.41, 5.74) is 1.22. The number of carbonyl (C=O) groups excluding carboxylic acids is 1. The van der Waals surface area contributed by atoms with Crippen LogP contribution in [0.4, 0.5) is 0 Å². The number of ether oxygens (including phenoxy) is 2. The fourth-order valence-corrected chi connectivity index (χ4v) is 3.78. The van der Waals surface area contributed by atoms with Gasteiger partial charge in [0.15, 0.2) is 0 Å². The Balaban J connectivity index is 1.34. The molecule has 6 nitrogen and oxygen atoms in total. The lowest BCUT2D eigenvalue weighted by atomic mass is 10.1. The fourth-order valence-electron chi connectivity index (χ4n) is 3.78. The average molecular weight is 318 g/mol. The summed E-state index contributed by atoms with van der Waals surface area (Å²) in [5, 5.41) is 16.2. The van der Waals surface area contributed by atoms with Crippen LogP contribution in [0.1, 0.15) is 24.4 Å². The third kappa shape index (κ3) is 2.87. The number of rotatable bonds is 3. The molecule has 1 aromatic carbocycles. The van der Waals surface area contributed by atoms with Crippen molar-refractivity contribution in [2.45, 2.75) is 49.3 Å². The van der Waals surface area contributed by atoms with Crippen LogP contribution in [0.2, 0.25) is 0 Å². The van der Waals surface area contributed by atoms with Crippen molar-refractivity contribution in [2.24, 2.45) is 0 Å². The maximum Gasteiger partial charge on any atom is 0.237 e. The number of hydrogen-bond acceptors (Lipinski definition) is 5. The predicted octanol–water partition coefficient (Wildman–Crippen LogP) is 0.123. The summed E-state index contributed by atoms with van der Waals surface area (Å²) in [6.07, 6.45) is 0.629. The highest BCUT2D eigenvalue weighted by Crippen LogP contribution is 2.29. The molecule has 0 radical (unpaired) electrons. The third-order valence-electron chi connectivity index (χ3n) is 5.02. The Bertz CT molecular complexity index is 567. The molecule has 0 bridgehead atoms. The number of amides is 1. The van der Waals surface area contributed by atoms with Crippen LogP contribution in [-0.2, 0) is 14.3 Å². The van der Waals surface area contributed by atoms with Gasteiger partial charge < -0.3 is 19.9 Å². The zero-order chi connectivity index (χ0) is 15.8. The number of benzene rings is 1. The minimum absolute atomic E-state index is 0.0114. The van der Waals surface area contributed by atoms with Gasteiger partial charge in [0.05, 0.1) is 25.3 Å². The molecule has 0 aromatic heterocycles. The number of carbonyl (C=O) groups is 1. The van der Waals surface area contributed by atoms with Crippen LogP contribution in [0.15, 0.2) is 30.3 Å². The van der Waals surface area contributed by atoms with Crippen LogP contribution in [0, 0.1) is 0 Å². The monoisotopic (exact) mass is 318 g/mol. The molecule has 124 valence electrons. The van der Waals surface area contributed by atoms with Crippen molar-refractivity contribution in [3.8, 4) is 0 Å². The van der Waals surface area contributed by atoms with E-state index in [-0.39, 0.29) is 42.8 Å². The summed E-state index contributed by atoms with van der Waals surface area (Å²) in [6, 6.07) is 10.1. The number of hydrogen-bond donors (Lipinski definition) is 3. The first-order valence-electron chi connectivity index (χ1n) is 8.25. The van der Waals surface area contributed by atoms with Gasteiger partial charge in [-0.3, -0.25) is 10.1 Å². The average Bonchev–Trinajstić information content (AvgIpc) is 3.28. The highest BCUT2D eigenvalue weighted by atomic mass is 16.6. The van der Waals surface area contributed by atoms with Crippen LogP contribution in [0.5, 0.6) is 0 Å². The van der Waals surface area contributed by atoms with Crippen LogP contribution >= 0.6 is 0 Å². The van der Waals surface area contributed by atoms with Crippen molar-refractivity contribution in [1.82, 2.24) is 10.6 Å². The minimum Gasteiger partial charge on any atom is -0.388 e. The lowest BCUT2D eigenvalue weighted by molar-refractivity contribution is -0.124. The molecule has 3 N–H and O–H groups in total. The van der Waals surface area contributed by atoms with E-state index in [0.717, 1.165) is 12.8 Å². The van der Waals surface area contributed by atoms with Gasteiger partial charge >= 0.3 is 0 Å². The molecule has 3 saturated heterocycles. The van der Waals surface area contributed by atoms with E-state index in [0.29, 0.717) is 6.61 Å². The zero-order valence-electron chi connectivity index (χ0n) is 12.9. The van der Waals surface area contributed by atoms with E-state index in [1.54, 1.807) is 0 Å². The smallest absolute Gasteiger partial charge is 0.237 e. The SMILES string of the molecule is O=C(N[C@@H]1CO[C@H]2[C@@H]1OC[C@H]2O)[C@H]1CC[C@H](c2ccccc2)N1. The Morgan fingerprint density at radius 1 is 1.13 bits per heavy atom. The van der Waals surface area contributed by atoms with E-state index in [4.69, 9.17) is 9.47 Å². The van der Waals surface area contributed by atoms with E-state index in [1.165, 1.54) is 5.56 Å². The third-order valence-corrected chi connectivity index (χ3v) is 5.02. The van der Waals surface area contributed by atoms with Crippen molar-refractivity contribution in [2.75, 3.05) is 13.2 Å². The quantitative estimate of drug-likeness (QED) is 0.738. The molecule has 1 aromatic rings. The number of fused-ring (bicyclic) bond motifs is 1. The summed E-state index contributed by atoms with van der Waals surface area (Å²) in [7, 11) is 0. The molecule has 4 rings (SSSR count). The molecular formula is C17H22N2O4. The standard InChI is InChI=1S/C17H22N2O4/c20-14-9-23-15-13(8-22-16(14)15)19-17(21)12-7-6-11(18-12)10-4-2-1-3-5-10/h1-5,11-16,18,20H,6-9H2,(H,19,21)/t11-,12-,13-,14-,15-,16-/m1/s1. The minimum atomic E-state index is -0.589. The van der Waals surface area contributed by atoms with Gasteiger partial charge in [-0.25, -0.2) is 0 Å². The zero-order valence-corrected chi connectivity index (χ0v) is 12.9. The second kappa shape index (κ2) is 6.20. The maximum absolute atomic E-state index is 12.5. The molecule has 0 saturated carbocycles. The second-order valence-corrected chi connectivity index (χ2v) is 6.54. The van der Waals surface area contributed by atoms with Crippen LogP contribution in [0.25, 0.3) is 0 Å². The van der Waals surface area contributed by atoms with Crippen LogP contribution in [0.3, 0.4) is 0 Å². The Morgan fingerprint density at radius 3 is 2.74 bits per heavy atom. The summed E-state index contributed by atoms with van der Waals surface area (Å²) in [6.45, 7) is 0.673.